The summed E-state index contributed by atoms with van der Waals surface area (Å²) in [5.74, 6) is 0.576. The highest BCUT2D eigenvalue weighted by molar-refractivity contribution is 7.88. The number of carbonyl (C=O) groups excluding carboxylic acids is 1. The molecule has 1 aliphatic rings. The molecule has 1 N–H and O–H groups in total. The van der Waals surface area contributed by atoms with E-state index in [1.54, 1.807) is 28.6 Å². The molecule has 0 aliphatic carbocycles. The Morgan fingerprint density at radius 2 is 1.69 bits per heavy atom. The Balaban J connectivity index is 1.59. The summed E-state index contributed by atoms with van der Waals surface area (Å²) in [5, 5.41) is 2.97. The zero-order valence-corrected chi connectivity index (χ0v) is 17.7. The Kier molecular flexibility index (Phi) is 6.92. The number of benzene rings is 2. The number of ether oxygens (including phenoxy) is 1. The molecular weight excluding hydrogens is 388 g/mol. The second kappa shape index (κ2) is 9.41. The van der Waals surface area contributed by atoms with Crippen molar-refractivity contribution in [3.8, 4) is 5.75 Å². The molecule has 1 heterocycles. The topological polar surface area (TPSA) is 75.7 Å². The largest absolute Gasteiger partial charge is 0.494 e. The van der Waals surface area contributed by atoms with Gasteiger partial charge in [-0.1, -0.05) is 24.3 Å². The molecule has 1 aliphatic heterocycles. The SMILES string of the molecule is CCOc1ccc([C@@H](C)NC(=O)c2ccc(CS(=O)(=O)N3CCCC3)cc2)cc1. The maximum atomic E-state index is 12.5. The summed E-state index contributed by atoms with van der Waals surface area (Å²) in [7, 11) is -3.29. The van der Waals surface area contributed by atoms with Crippen LogP contribution in [0.1, 0.15) is 54.2 Å². The highest BCUT2D eigenvalue weighted by Gasteiger charge is 2.25. The number of hydrogen-bond acceptors (Lipinski definition) is 4. The quantitative estimate of drug-likeness (QED) is 0.715. The number of sulfonamides is 1. The number of amides is 1. The molecule has 0 aromatic heterocycles. The van der Waals surface area contributed by atoms with Crippen LogP contribution in [0.5, 0.6) is 5.75 Å². The molecule has 0 spiro atoms. The van der Waals surface area contributed by atoms with Gasteiger partial charge in [-0.25, -0.2) is 12.7 Å². The summed E-state index contributed by atoms with van der Waals surface area (Å²) in [6, 6.07) is 14.3. The van der Waals surface area contributed by atoms with Crippen molar-refractivity contribution >= 4 is 15.9 Å². The van der Waals surface area contributed by atoms with Crippen LogP contribution >= 0.6 is 0 Å². The van der Waals surface area contributed by atoms with Gasteiger partial charge in [-0.05, 0) is 62.1 Å². The second-order valence-electron chi connectivity index (χ2n) is 7.26. The molecule has 2 aromatic rings. The van der Waals surface area contributed by atoms with Gasteiger partial charge in [-0.15, -0.1) is 0 Å². The predicted molar refractivity (Wildman–Crippen MR) is 113 cm³/mol. The van der Waals surface area contributed by atoms with Gasteiger partial charge in [0.25, 0.3) is 5.91 Å². The lowest BCUT2D eigenvalue weighted by atomic mass is 10.1. The highest BCUT2D eigenvalue weighted by atomic mass is 32.2. The molecule has 29 heavy (non-hydrogen) atoms. The first-order valence-corrected chi connectivity index (χ1v) is 11.6. The van der Waals surface area contributed by atoms with Crippen LogP contribution in [0.15, 0.2) is 48.5 Å². The van der Waals surface area contributed by atoms with Gasteiger partial charge < -0.3 is 10.1 Å². The van der Waals surface area contributed by atoms with Gasteiger partial charge >= 0.3 is 0 Å². The van der Waals surface area contributed by atoms with Crippen LogP contribution in [0, 0.1) is 0 Å². The third-order valence-electron chi connectivity index (χ3n) is 5.06. The lowest BCUT2D eigenvalue weighted by molar-refractivity contribution is 0.0940. The zero-order chi connectivity index (χ0) is 20.9. The van der Waals surface area contributed by atoms with E-state index in [0.29, 0.717) is 30.8 Å². The van der Waals surface area contributed by atoms with Crippen molar-refractivity contribution in [2.24, 2.45) is 0 Å². The van der Waals surface area contributed by atoms with E-state index in [1.807, 2.05) is 38.1 Å². The van der Waals surface area contributed by atoms with Crippen molar-refractivity contribution in [1.29, 1.82) is 0 Å². The summed E-state index contributed by atoms with van der Waals surface area (Å²) in [6.45, 7) is 5.67. The lowest BCUT2D eigenvalue weighted by Gasteiger charge is -2.16. The van der Waals surface area contributed by atoms with E-state index < -0.39 is 10.0 Å². The summed E-state index contributed by atoms with van der Waals surface area (Å²) in [6.07, 6.45) is 1.84. The Morgan fingerprint density at radius 1 is 1.07 bits per heavy atom. The molecule has 1 saturated heterocycles. The summed E-state index contributed by atoms with van der Waals surface area (Å²) in [4.78, 5) is 12.5. The molecule has 1 atom stereocenters. The molecule has 0 saturated carbocycles. The monoisotopic (exact) mass is 416 g/mol. The minimum Gasteiger partial charge on any atom is -0.494 e. The number of rotatable bonds is 8. The highest BCUT2D eigenvalue weighted by Crippen LogP contribution is 2.19. The first-order valence-electron chi connectivity index (χ1n) is 9.99. The molecule has 7 heteroatoms. The van der Waals surface area contributed by atoms with E-state index in [1.165, 1.54) is 0 Å². The zero-order valence-electron chi connectivity index (χ0n) is 16.9. The van der Waals surface area contributed by atoms with Gasteiger partial charge in [0.1, 0.15) is 5.75 Å². The fraction of sp³-hybridized carbons (Fsp3) is 0.409. The summed E-state index contributed by atoms with van der Waals surface area (Å²) < 4.78 is 31.8. The van der Waals surface area contributed by atoms with Gasteiger partial charge in [-0.2, -0.15) is 0 Å². The van der Waals surface area contributed by atoms with Crippen LogP contribution in [-0.2, 0) is 15.8 Å². The van der Waals surface area contributed by atoms with Gasteiger partial charge in [0.05, 0.1) is 18.4 Å². The molecule has 1 fully saturated rings. The minimum atomic E-state index is -3.29. The van der Waals surface area contributed by atoms with Gasteiger partial charge in [-0.3, -0.25) is 4.79 Å². The van der Waals surface area contributed by atoms with Crippen molar-refractivity contribution in [2.45, 2.75) is 38.5 Å². The van der Waals surface area contributed by atoms with Crippen molar-refractivity contribution in [3.05, 3.63) is 65.2 Å². The molecule has 2 aromatic carbocycles. The fourth-order valence-electron chi connectivity index (χ4n) is 3.40. The van der Waals surface area contributed by atoms with E-state index >= 15 is 0 Å². The Labute approximate surface area is 172 Å². The van der Waals surface area contributed by atoms with Crippen LogP contribution in [-0.4, -0.2) is 38.3 Å². The second-order valence-corrected chi connectivity index (χ2v) is 9.23. The van der Waals surface area contributed by atoms with Crippen molar-refractivity contribution in [2.75, 3.05) is 19.7 Å². The summed E-state index contributed by atoms with van der Waals surface area (Å²) >= 11 is 0. The third kappa shape index (κ3) is 5.58. The number of carbonyl (C=O) groups is 1. The maximum absolute atomic E-state index is 12.5. The standard InChI is InChI=1S/C22H28N2O4S/c1-3-28-21-12-10-19(11-13-21)17(2)23-22(25)20-8-6-18(7-9-20)16-29(26,27)24-14-4-5-15-24/h6-13,17H,3-5,14-16H2,1-2H3,(H,23,25)/t17-/m1/s1. The summed E-state index contributed by atoms with van der Waals surface area (Å²) in [5.41, 5.74) is 2.17. The minimum absolute atomic E-state index is 0.0303. The first-order chi connectivity index (χ1) is 13.9. The Bertz CT molecular complexity index is 918. The molecule has 6 nitrogen and oxygen atoms in total. The Hall–Kier alpha value is -2.38. The molecule has 1 amide bonds. The fourth-order valence-corrected chi connectivity index (χ4v) is 5.01. The van der Waals surface area contributed by atoms with E-state index in [-0.39, 0.29) is 17.7 Å². The number of nitrogens with zero attached hydrogens (tertiary/aromatic N) is 1. The molecular formula is C22H28N2O4S. The van der Waals surface area contributed by atoms with Crippen LogP contribution in [0.25, 0.3) is 0 Å². The average Bonchev–Trinajstić information content (AvgIpc) is 3.25. The smallest absolute Gasteiger partial charge is 0.251 e. The van der Waals surface area contributed by atoms with Gasteiger partial charge in [0.2, 0.25) is 10.0 Å². The van der Waals surface area contributed by atoms with E-state index in [9.17, 15) is 13.2 Å². The van der Waals surface area contributed by atoms with Crippen LogP contribution < -0.4 is 10.1 Å². The molecule has 156 valence electrons. The van der Waals surface area contributed by atoms with Crippen molar-refractivity contribution in [3.63, 3.8) is 0 Å². The molecule has 0 radical (unpaired) electrons. The average molecular weight is 417 g/mol. The maximum Gasteiger partial charge on any atom is 0.251 e. The van der Waals surface area contributed by atoms with Crippen LogP contribution in [0.2, 0.25) is 0 Å². The van der Waals surface area contributed by atoms with Crippen molar-refractivity contribution in [1.82, 2.24) is 9.62 Å². The normalized spacial score (nSPS) is 15.8. The van der Waals surface area contributed by atoms with Gasteiger partial charge in [0, 0.05) is 18.7 Å². The van der Waals surface area contributed by atoms with E-state index in [0.717, 1.165) is 24.2 Å². The lowest BCUT2D eigenvalue weighted by Crippen LogP contribution is -2.29. The number of hydrogen-bond donors (Lipinski definition) is 1. The van der Waals surface area contributed by atoms with Gasteiger partial charge in [0.15, 0.2) is 0 Å². The third-order valence-corrected chi connectivity index (χ3v) is 6.91. The first kappa shape index (κ1) is 21.3. The molecule has 0 bridgehead atoms. The van der Waals surface area contributed by atoms with Crippen LogP contribution in [0.4, 0.5) is 0 Å². The molecule has 0 unspecified atom stereocenters. The van der Waals surface area contributed by atoms with Crippen molar-refractivity contribution < 1.29 is 17.9 Å². The molecule has 3 rings (SSSR count). The van der Waals surface area contributed by atoms with Crippen LogP contribution in [0.3, 0.4) is 0 Å². The predicted octanol–water partition coefficient (Wildman–Crippen LogP) is 3.50. The van der Waals surface area contributed by atoms with E-state index in [2.05, 4.69) is 5.32 Å². The van der Waals surface area contributed by atoms with E-state index in [4.69, 9.17) is 4.74 Å². The Morgan fingerprint density at radius 3 is 2.28 bits per heavy atom. The number of nitrogens with one attached hydrogen (secondary N) is 1.